The van der Waals surface area contributed by atoms with Crippen LogP contribution in [0.2, 0.25) is 0 Å². The minimum atomic E-state index is 0.662. The molecule has 0 amide bonds. The van der Waals surface area contributed by atoms with Crippen LogP contribution in [0.5, 0.6) is 0 Å². The zero-order valence-electron chi connectivity index (χ0n) is 8.62. The van der Waals surface area contributed by atoms with E-state index in [9.17, 15) is 0 Å². The van der Waals surface area contributed by atoms with E-state index < -0.39 is 0 Å². The summed E-state index contributed by atoms with van der Waals surface area (Å²) in [5.41, 5.74) is 3.03. The van der Waals surface area contributed by atoms with Crippen molar-refractivity contribution in [3.05, 3.63) is 35.4 Å². The van der Waals surface area contributed by atoms with Crippen LogP contribution in [0, 0.1) is 0 Å². The molecule has 0 aromatic heterocycles. The predicted molar refractivity (Wildman–Crippen MR) is 55.8 cm³/mol. The molecule has 0 spiro atoms. The maximum atomic E-state index is 2.42. The van der Waals surface area contributed by atoms with E-state index in [1.807, 2.05) is 0 Å². The van der Waals surface area contributed by atoms with Crippen molar-refractivity contribution < 1.29 is 0 Å². The average Bonchev–Trinajstić information content (AvgIpc) is 2.15. The first-order chi connectivity index (χ1) is 6.20. The van der Waals surface area contributed by atoms with E-state index in [-0.39, 0.29) is 0 Å². The van der Waals surface area contributed by atoms with Crippen LogP contribution in [0.25, 0.3) is 0 Å². The molecule has 1 aliphatic rings. The monoisotopic (exact) mass is 175 g/mol. The quantitative estimate of drug-likeness (QED) is 0.586. The molecule has 0 aliphatic carbocycles. The normalized spacial score (nSPS) is 28.5. The van der Waals surface area contributed by atoms with Crippen molar-refractivity contribution in [1.82, 2.24) is 4.90 Å². The van der Waals surface area contributed by atoms with Gasteiger partial charge in [-0.25, -0.2) is 0 Å². The number of hydrogen-bond acceptors (Lipinski definition) is 1. The summed E-state index contributed by atoms with van der Waals surface area (Å²) < 4.78 is 0. The molecular formula is C12H17N. The van der Waals surface area contributed by atoms with Crippen molar-refractivity contribution in [3.63, 3.8) is 0 Å². The molecule has 2 rings (SSSR count). The first-order valence-corrected chi connectivity index (χ1v) is 4.98. The predicted octanol–water partition coefficient (Wildman–Crippen LogP) is 2.62. The highest BCUT2D eigenvalue weighted by Crippen LogP contribution is 2.31. The van der Waals surface area contributed by atoms with Crippen molar-refractivity contribution in [1.29, 1.82) is 0 Å². The number of benzene rings is 1. The number of nitrogens with zero attached hydrogens (tertiary/aromatic N) is 1. The van der Waals surface area contributed by atoms with E-state index in [2.05, 4.69) is 50.1 Å². The molecule has 2 atom stereocenters. The van der Waals surface area contributed by atoms with Gasteiger partial charge in [-0.15, -0.1) is 0 Å². The largest absolute Gasteiger partial charge is 0.299 e. The first-order valence-electron chi connectivity index (χ1n) is 4.98. The lowest BCUT2D eigenvalue weighted by molar-refractivity contribution is 0.204. The third kappa shape index (κ3) is 1.37. The topological polar surface area (TPSA) is 3.24 Å². The second-order valence-corrected chi connectivity index (χ2v) is 4.14. The second-order valence-electron chi connectivity index (χ2n) is 4.14. The number of rotatable bonds is 0. The molecule has 1 nitrogen and oxygen atoms in total. The van der Waals surface area contributed by atoms with E-state index in [1.165, 1.54) is 11.1 Å². The molecule has 2 unspecified atom stereocenters. The van der Waals surface area contributed by atoms with Crippen LogP contribution in [0.3, 0.4) is 0 Å². The Hall–Kier alpha value is -0.820. The van der Waals surface area contributed by atoms with Gasteiger partial charge < -0.3 is 0 Å². The molecule has 70 valence electrons. The fourth-order valence-electron chi connectivity index (χ4n) is 2.18. The van der Waals surface area contributed by atoms with Crippen molar-refractivity contribution in [3.8, 4) is 0 Å². The van der Waals surface area contributed by atoms with Gasteiger partial charge in [-0.05, 0) is 31.0 Å². The molecule has 0 N–H and O–H groups in total. The summed E-state index contributed by atoms with van der Waals surface area (Å²) in [5, 5.41) is 0. The molecular weight excluding hydrogens is 158 g/mol. The third-order valence-corrected chi connectivity index (χ3v) is 3.38. The molecule has 1 heterocycles. The van der Waals surface area contributed by atoms with E-state index in [0.717, 1.165) is 6.54 Å². The van der Waals surface area contributed by atoms with Gasteiger partial charge in [0.1, 0.15) is 0 Å². The summed E-state index contributed by atoms with van der Waals surface area (Å²) in [4.78, 5) is 2.42. The van der Waals surface area contributed by atoms with Crippen molar-refractivity contribution in [2.45, 2.75) is 32.4 Å². The summed E-state index contributed by atoms with van der Waals surface area (Å²) in [6.07, 6.45) is 0. The smallest absolute Gasteiger partial charge is 0.0236 e. The molecule has 1 heteroatoms. The highest BCUT2D eigenvalue weighted by molar-refractivity contribution is 5.33. The van der Waals surface area contributed by atoms with Gasteiger partial charge in [0.2, 0.25) is 0 Å². The maximum Gasteiger partial charge on any atom is 0.0236 e. The average molecular weight is 175 g/mol. The number of likely N-dealkylation sites (N-methyl/N-ethyl adjacent to an activating group) is 1. The first kappa shape index (κ1) is 8.76. The van der Waals surface area contributed by atoms with Crippen LogP contribution in [-0.4, -0.2) is 18.0 Å². The highest BCUT2D eigenvalue weighted by atomic mass is 15.1. The number of hydrogen-bond donors (Lipinski definition) is 0. The molecule has 0 saturated carbocycles. The fourth-order valence-corrected chi connectivity index (χ4v) is 2.18. The van der Waals surface area contributed by atoms with Crippen LogP contribution in [-0.2, 0) is 6.54 Å². The Morgan fingerprint density at radius 3 is 2.69 bits per heavy atom. The lowest BCUT2D eigenvalue weighted by Gasteiger charge is -2.36. The summed E-state index contributed by atoms with van der Waals surface area (Å²) >= 11 is 0. The van der Waals surface area contributed by atoms with Crippen LogP contribution < -0.4 is 0 Å². The van der Waals surface area contributed by atoms with Gasteiger partial charge in [0, 0.05) is 12.6 Å². The lowest BCUT2D eigenvalue weighted by Crippen LogP contribution is -2.37. The molecule has 0 fully saturated rings. The summed E-state index contributed by atoms with van der Waals surface area (Å²) in [7, 11) is 2.21. The van der Waals surface area contributed by atoms with Crippen molar-refractivity contribution in [2.75, 3.05) is 7.05 Å². The Labute approximate surface area is 80.4 Å². The number of fused-ring (bicyclic) bond motifs is 1. The van der Waals surface area contributed by atoms with Gasteiger partial charge in [0.15, 0.2) is 0 Å². The Morgan fingerprint density at radius 2 is 1.92 bits per heavy atom. The van der Waals surface area contributed by atoms with Gasteiger partial charge in [-0.1, -0.05) is 31.2 Å². The van der Waals surface area contributed by atoms with Crippen LogP contribution in [0.4, 0.5) is 0 Å². The van der Waals surface area contributed by atoms with E-state index in [1.54, 1.807) is 0 Å². The molecule has 1 aromatic carbocycles. The molecule has 0 bridgehead atoms. The fraction of sp³-hybridized carbons (Fsp3) is 0.500. The Kier molecular flexibility index (Phi) is 2.12. The Morgan fingerprint density at radius 1 is 1.23 bits per heavy atom. The van der Waals surface area contributed by atoms with E-state index >= 15 is 0 Å². The summed E-state index contributed by atoms with van der Waals surface area (Å²) in [5.74, 6) is 0.662. The minimum absolute atomic E-state index is 0.662. The van der Waals surface area contributed by atoms with Gasteiger partial charge in [0.05, 0.1) is 0 Å². The minimum Gasteiger partial charge on any atom is -0.299 e. The van der Waals surface area contributed by atoms with E-state index in [0.29, 0.717) is 12.0 Å². The van der Waals surface area contributed by atoms with Gasteiger partial charge in [0.25, 0.3) is 0 Å². The summed E-state index contributed by atoms with van der Waals surface area (Å²) in [6, 6.07) is 9.45. The van der Waals surface area contributed by atoms with Crippen LogP contribution in [0.1, 0.15) is 30.9 Å². The Balaban J connectivity index is 2.43. The van der Waals surface area contributed by atoms with Crippen molar-refractivity contribution in [2.24, 2.45) is 0 Å². The second kappa shape index (κ2) is 3.15. The molecule has 0 radical (unpaired) electrons. The lowest BCUT2D eigenvalue weighted by atomic mass is 9.86. The summed E-state index contributed by atoms with van der Waals surface area (Å²) in [6.45, 7) is 5.72. The molecule has 13 heavy (non-hydrogen) atoms. The van der Waals surface area contributed by atoms with Crippen LogP contribution in [0.15, 0.2) is 24.3 Å². The standard InChI is InChI=1S/C12H17N/c1-9-10(2)13(3)8-11-6-4-5-7-12(9)11/h4-7,9-10H,8H2,1-3H3. The highest BCUT2D eigenvalue weighted by Gasteiger charge is 2.25. The maximum absolute atomic E-state index is 2.42. The molecule has 1 aliphatic heterocycles. The van der Waals surface area contributed by atoms with Crippen LogP contribution >= 0.6 is 0 Å². The van der Waals surface area contributed by atoms with Crippen molar-refractivity contribution >= 4 is 0 Å². The molecule has 0 saturated heterocycles. The SMILES string of the molecule is CC1c2ccccc2CN(C)C1C. The van der Waals surface area contributed by atoms with Gasteiger partial charge in [-0.2, -0.15) is 0 Å². The Bertz CT molecular complexity index is 306. The van der Waals surface area contributed by atoms with Gasteiger partial charge >= 0.3 is 0 Å². The zero-order valence-corrected chi connectivity index (χ0v) is 8.62. The van der Waals surface area contributed by atoms with E-state index in [4.69, 9.17) is 0 Å². The molecule has 1 aromatic rings. The van der Waals surface area contributed by atoms with Gasteiger partial charge in [-0.3, -0.25) is 4.90 Å². The zero-order chi connectivity index (χ0) is 9.42. The third-order valence-electron chi connectivity index (χ3n) is 3.38.